The van der Waals surface area contributed by atoms with Gasteiger partial charge in [0.2, 0.25) is 11.8 Å². The molecule has 8 heteroatoms. The number of rotatable bonds is 2. The lowest BCUT2D eigenvalue weighted by Crippen LogP contribution is -2.58. The summed E-state index contributed by atoms with van der Waals surface area (Å²) in [5.41, 5.74) is 1.57. The molecule has 3 aromatic rings. The summed E-state index contributed by atoms with van der Waals surface area (Å²) < 4.78 is 0. The van der Waals surface area contributed by atoms with Crippen molar-refractivity contribution in [3.63, 3.8) is 0 Å². The van der Waals surface area contributed by atoms with Crippen LogP contribution in [-0.2, 0) is 15.0 Å². The van der Waals surface area contributed by atoms with Gasteiger partial charge in [-0.3, -0.25) is 9.59 Å². The molecule has 0 saturated carbocycles. The summed E-state index contributed by atoms with van der Waals surface area (Å²) in [6, 6.07) is 18.5. The first-order valence-corrected chi connectivity index (χ1v) is 11.5. The van der Waals surface area contributed by atoms with E-state index in [1.165, 1.54) is 6.07 Å². The van der Waals surface area contributed by atoms with Crippen molar-refractivity contribution >= 4 is 46.8 Å². The molecule has 2 heterocycles. The van der Waals surface area contributed by atoms with Gasteiger partial charge in [0.1, 0.15) is 5.41 Å². The smallest absolute Gasteiger partial charge is 0.418 e. The number of carbonyl (C=O) groups is 3. The van der Waals surface area contributed by atoms with E-state index in [2.05, 4.69) is 5.32 Å². The Labute approximate surface area is 206 Å². The molecule has 0 bridgehead atoms. The number of hydrogen-bond donors (Lipinski definition) is 2. The molecule has 5 rings (SSSR count). The Hall–Kier alpha value is -3.35. The van der Waals surface area contributed by atoms with Gasteiger partial charge in [-0.15, -0.1) is 0 Å². The Morgan fingerprint density at radius 2 is 1.76 bits per heavy atom. The molecule has 1 fully saturated rings. The summed E-state index contributed by atoms with van der Waals surface area (Å²) in [4.78, 5) is 40.4. The number of carboxylic acid groups (broad SMARTS) is 1. The van der Waals surface area contributed by atoms with E-state index in [9.17, 15) is 19.5 Å². The predicted octanol–water partition coefficient (Wildman–Crippen LogP) is 5.61. The number of benzene rings is 3. The maximum absolute atomic E-state index is 14.3. The zero-order chi connectivity index (χ0) is 24.2. The van der Waals surface area contributed by atoms with Gasteiger partial charge >= 0.3 is 6.09 Å². The first-order chi connectivity index (χ1) is 16.2. The van der Waals surface area contributed by atoms with Gasteiger partial charge in [-0.1, -0.05) is 65.7 Å². The average Bonchev–Trinajstić information content (AvgIpc) is 3.03. The maximum atomic E-state index is 14.3. The first kappa shape index (κ1) is 22.4. The monoisotopic (exact) mass is 494 g/mol. The number of anilines is 1. The van der Waals surface area contributed by atoms with Gasteiger partial charge in [0, 0.05) is 22.4 Å². The number of nitrogens with one attached hydrogen (secondary N) is 1. The van der Waals surface area contributed by atoms with E-state index < -0.39 is 29.4 Å². The molecule has 6 nitrogen and oxygen atoms in total. The number of nitrogens with zero attached hydrogens (tertiary/aromatic N) is 1. The lowest BCUT2D eigenvalue weighted by atomic mass is 9.59. The number of hydrogen-bond acceptors (Lipinski definition) is 3. The van der Waals surface area contributed by atoms with Gasteiger partial charge in [-0.25, -0.2) is 9.69 Å². The number of carbonyl (C=O) groups excluding carboxylic acids is 2. The van der Waals surface area contributed by atoms with Crippen LogP contribution < -0.4 is 10.2 Å². The number of fused-ring (bicyclic) bond motifs is 2. The standard InChI is InChI=1S/C26H20Cl2N2O4/c1-14-5-2-3-8-18(14)23-26(20(13-22(31)29-23)15-6-4-7-16(27)11-15)19-10-9-17(28)12-21(19)30(24(26)32)25(33)34/h2-12,20,23H,13H2,1H3,(H,29,31)(H,33,34). The highest BCUT2D eigenvalue weighted by Crippen LogP contribution is 2.59. The minimum absolute atomic E-state index is 0.00993. The van der Waals surface area contributed by atoms with E-state index in [0.717, 1.165) is 16.0 Å². The largest absolute Gasteiger partial charge is 0.464 e. The second-order valence-electron chi connectivity index (χ2n) is 8.62. The summed E-state index contributed by atoms with van der Waals surface area (Å²) in [6.07, 6.45) is -1.42. The molecule has 34 heavy (non-hydrogen) atoms. The molecule has 0 radical (unpaired) electrons. The van der Waals surface area contributed by atoms with Crippen molar-refractivity contribution in [2.45, 2.75) is 30.7 Å². The third-order valence-corrected chi connectivity index (χ3v) is 7.32. The lowest BCUT2D eigenvalue weighted by molar-refractivity contribution is -0.132. The molecule has 172 valence electrons. The molecule has 3 amide bonds. The number of halogens is 2. The van der Waals surface area contributed by atoms with E-state index in [-0.39, 0.29) is 18.0 Å². The van der Waals surface area contributed by atoms with Crippen LogP contribution in [-0.4, -0.2) is 23.0 Å². The predicted molar refractivity (Wildman–Crippen MR) is 130 cm³/mol. The van der Waals surface area contributed by atoms with Crippen LogP contribution in [0.3, 0.4) is 0 Å². The van der Waals surface area contributed by atoms with Crippen LogP contribution in [0.5, 0.6) is 0 Å². The summed E-state index contributed by atoms with van der Waals surface area (Å²) >= 11 is 12.5. The highest BCUT2D eigenvalue weighted by molar-refractivity contribution is 6.32. The Kier molecular flexibility index (Phi) is 5.38. The molecule has 3 aromatic carbocycles. The molecule has 2 aliphatic heterocycles. The average molecular weight is 495 g/mol. The van der Waals surface area contributed by atoms with Crippen LogP contribution >= 0.6 is 23.2 Å². The number of amides is 3. The second-order valence-corrected chi connectivity index (χ2v) is 9.50. The molecule has 1 spiro atoms. The van der Waals surface area contributed by atoms with Crippen LogP contribution in [0.4, 0.5) is 10.5 Å². The highest BCUT2D eigenvalue weighted by Gasteiger charge is 2.64. The fraction of sp³-hybridized carbons (Fsp3) is 0.192. The van der Waals surface area contributed by atoms with Crippen molar-refractivity contribution < 1.29 is 19.5 Å². The molecule has 0 aliphatic carbocycles. The summed E-state index contributed by atoms with van der Waals surface area (Å²) in [5, 5.41) is 13.8. The van der Waals surface area contributed by atoms with Crippen LogP contribution in [0, 0.1) is 6.92 Å². The minimum atomic E-state index is -1.43. The Balaban J connectivity index is 1.88. The fourth-order valence-electron chi connectivity index (χ4n) is 5.47. The molecular weight excluding hydrogens is 475 g/mol. The topological polar surface area (TPSA) is 86.7 Å². The van der Waals surface area contributed by atoms with Gasteiger partial charge in [-0.05, 0) is 53.4 Å². The van der Waals surface area contributed by atoms with E-state index in [4.69, 9.17) is 23.2 Å². The van der Waals surface area contributed by atoms with Crippen molar-refractivity contribution in [3.8, 4) is 0 Å². The van der Waals surface area contributed by atoms with Crippen LogP contribution in [0.25, 0.3) is 0 Å². The maximum Gasteiger partial charge on any atom is 0.418 e. The minimum Gasteiger partial charge on any atom is -0.464 e. The zero-order valence-electron chi connectivity index (χ0n) is 18.1. The molecule has 3 atom stereocenters. The summed E-state index contributed by atoms with van der Waals surface area (Å²) in [5.74, 6) is -1.53. The second kappa shape index (κ2) is 8.15. The van der Waals surface area contributed by atoms with E-state index in [1.807, 2.05) is 37.3 Å². The van der Waals surface area contributed by atoms with Crippen molar-refractivity contribution in [2.75, 3.05) is 4.90 Å². The Morgan fingerprint density at radius 3 is 2.47 bits per heavy atom. The normalized spacial score (nSPS) is 23.7. The Bertz CT molecular complexity index is 1360. The number of aryl methyl sites for hydroxylation is 1. The molecule has 0 aromatic heterocycles. The van der Waals surface area contributed by atoms with Gasteiger partial charge in [0.05, 0.1) is 11.7 Å². The van der Waals surface area contributed by atoms with E-state index >= 15 is 0 Å². The molecule has 1 saturated heterocycles. The third-order valence-electron chi connectivity index (χ3n) is 6.84. The molecule has 2 aliphatic rings. The van der Waals surface area contributed by atoms with Gasteiger partial charge in [0.15, 0.2) is 0 Å². The van der Waals surface area contributed by atoms with Crippen LogP contribution in [0.15, 0.2) is 66.7 Å². The van der Waals surface area contributed by atoms with Gasteiger partial charge in [0.25, 0.3) is 0 Å². The highest BCUT2D eigenvalue weighted by atomic mass is 35.5. The first-order valence-electron chi connectivity index (χ1n) is 10.7. The van der Waals surface area contributed by atoms with Crippen LogP contribution in [0.2, 0.25) is 10.0 Å². The van der Waals surface area contributed by atoms with Crippen molar-refractivity contribution in [2.24, 2.45) is 0 Å². The van der Waals surface area contributed by atoms with Gasteiger partial charge in [-0.2, -0.15) is 0 Å². The SMILES string of the molecule is Cc1ccccc1C1NC(=O)CC(c2cccc(Cl)c2)C12C(=O)N(C(=O)O)c1cc(Cl)ccc12. The number of imide groups is 1. The van der Waals surface area contributed by atoms with E-state index in [1.54, 1.807) is 30.3 Å². The quantitative estimate of drug-likeness (QED) is 0.484. The van der Waals surface area contributed by atoms with Crippen LogP contribution in [0.1, 0.15) is 40.6 Å². The third kappa shape index (κ3) is 3.21. The summed E-state index contributed by atoms with van der Waals surface area (Å²) in [7, 11) is 0. The van der Waals surface area contributed by atoms with E-state index in [0.29, 0.717) is 21.2 Å². The summed E-state index contributed by atoms with van der Waals surface area (Å²) in [6.45, 7) is 1.90. The lowest BCUT2D eigenvalue weighted by Gasteiger charge is -2.47. The number of piperidine rings is 1. The van der Waals surface area contributed by atoms with Crippen molar-refractivity contribution in [3.05, 3.63) is 99.0 Å². The molecular formula is C26H20Cl2N2O4. The van der Waals surface area contributed by atoms with Crippen molar-refractivity contribution in [1.29, 1.82) is 0 Å². The van der Waals surface area contributed by atoms with Crippen molar-refractivity contribution in [1.82, 2.24) is 5.32 Å². The molecule has 3 unspecified atom stereocenters. The molecule has 2 N–H and O–H groups in total. The van der Waals surface area contributed by atoms with Gasteiger partial charge < -0.3 is 10.4 Å². The fourth-order valence-corrected chi connectivity index (χ4v) is 5.84. The zero-order valence-corrected chi connectivity index (χ0v) is 19.6. The Morgan fingerprint density at radius 1 is 1.03 bits per heavy atom.